The highest BCUT2D eigenvalue weighted by Gasteiger charge is 2.42. The quantitative estimate of drug-likeness (QED) is 0.707. The summed E-state index contributed by atoms with van der Waals surface area (Å²) < 4.78 is 0. The van der Waals surface area contributed by atoms with Crippen molar-refractivity contribution in [3.8, 4) is 0 Å². The van der Waals surface area contributed by atoms with Gasteiger partial charge in [-0.15, -0.1) is 0 Å². The number of benzene rings is 1. The number of carboxylic acid groups (broad SMARTS) is 1. The molecule has 4 heterocycles. The van der Waals surface area contributed by atoms with Crippen LogP contribution in [-0.4, -0.2) is 64.5 Å². The van der Waals surface area contributed by atoms with Crippen LogP contribution in [-0.2, 0) is 22.4 Å². The molecule has 7 nitrogen and oxygen atoms in total. The minimum absolute atomic E-state index is 0.0968. The number of carbonyl (C=O) groups excluding carboxylic acids is 1. The first-order valence-electron chi connectivity index (χ1n) is 12.1. The van der Waals surface area contributed by atoms with Gasteiger partial charge in [-0.3, -0.25) is 14.5 Å². The van der Waals surface area contributed by atoms with E-state index in [2.05, 4.69) is 17.4 Å². The normalized spacial score (nSPS) is 20.4. The van der Waals surface area contributed by atoms with Crippen molar-refractivity contribution < 1.29 is 14.7 Å². The second-order valence-electron chi connectivity index (χ2n) is 9.62. The Morgan fingerprint density at radius 2 is 1.85 bits per heavy atom. The van der Waals surface area contributed by atoms with Crippen molar-refractivity contribution in [2.45, 2.75) is 38.1 Å². The van der Waals surface area contributed by atoms with E-state index in [4.69, 9.17) is 4.98 Å². The number of carbonyl (C=O) groups is 2. The molecule has 3 aliphatic rings. The molecule has 1 atom stereocenters. The highest BCUT2D eigenvalue weighted by molar-refractivity contribution is 5.81. The van der Waals surface area contributed by atoms with Crippen LogP contribution in [0.1, 0.15) is 42.1 Å². The third-order valence-electron chi connectivity index (χ3n) is 7.35. The fourth-order valence-corrected chi connectivity index (χ4v) is 5.42. The van der Waals surface area contributed by atoms with Crippen LogP contribution in [0.2, 0.25) is 0 Å². The molecule has 0 aliphatic carbocycles. The largest absolute Gasteiger partial charge is 0.480 e. The van der Waals surface area contributed by atoms with Gasteiger partial charge in [0.2, 0.25) is 5.91 Å². The number of likely N-dealkylation sites (tertiary alicyclic amines) is 2. The Morgan fingerprint density at radius 1 is 1.09 bits per heavy atom. The topological polar surface area (TPSA) is 85.8 Å². The molecule has 5 rings (SSSR count). The fourth-order valence-electron chi connectivity index (χ4n) is 5.42. The molecule has 2 aromatic rings. The van der Waals surface area contributed by atoms with E-state index in [9.17, 15) is 14.7 Å². The first kappa shape index (κ1) is 21.9. The zero-order chi connectivity index (χ0) is 22.8. The van der Waals surface area contributed by atoms with E-state index in [1.165, 1.54) is 12.0 Å². The Balaban J connectivity index is 1.11. The number of nitrogens with zero attached hydrogens (tertiary/aromatic N) is 3. The lowest BCUT2D eigenvalue weighted by Gasteiger charge is -2.44. The summed E-state index contributed by atoms with van der Waals surface area (Å²) in [6, 6.07) is 13.0. The number of aliphatic carboxylic acids is 1. The summed E-state index contributed by atoms with van der Waals surface area (Å²) in [4.78, 5) is 33.6. The molecule has 2 N–H and O–H groups in total. The number of aryl methyl sites for hydroxylation is 1. The minimum Gasteiger partial charge on any atom is -0.480 e. The molecule has 0 bridgehead atoms. The van der Waals surface area contributed by atoms with E-state index in [1.807, 2.05) is 40.1 Å². The minimum atomic E-state index is -0.862. The molecule has 1 amide bonds. The Labute approximate surface area is 194 Å². The Bertz CT molecular complexity index is 998. The van der Waals surface area contributed by atoms with Crippen LogP contribution in [0.3, 0.4) is 0 Å². The van der Waals surface area contributed by atoms with Crippen molar-refractivity contribution in [3.63, 3.8) is 0 Å². The van der Waals surface area contributed by atoms with Gasteiger partial charge in [0.15, 0.2) is 0 Å². The third-order valence-corrected chi connectivity index (χ3v) is 7.35. The molecule has 7 heteroatoms. The zero-order valence-corrected chi connectivity index (χ0v) is 18.9. The van der Waals surface area contributed by atoms with Gasteiger partial charge in [0.25, 0.3) is 0 Å². The predicted octanol–water partition coefficient (Wildman–Crippen LogP) is 2.98. The summed E-state index contributed by atoms with van der Waals surface area (Å²) in [6.45, 7) is 3.59. The summed E-state index contributed by atoms with van der Waals surface area (Å²) >= 11 is 0. The van der Waals surface area contributed by atoms with Crippen LogP contribution in [0, 0.1) is 11.8 Å². The Hall–Kier alpha value is -2.93. The lowest BCUT2D eigenvalue weighted by atomic mass is 9.89. The van der Waals surface area contributed by atoms with Gasteiger partial charge < -0.3 is 15.3 Å². The highest BCUT2D eigenvalue weighted by atomic mass is 16.4. The van der Waals surface area contributed by atoms with Gasteiger partial charge in [-0.2, -0.15) is 0 Å². The molecule has 3 aliphatic heterocycles. The van der Waals surface area contributed by atoms with Crippen LogP contribution in [0.5, 0.6) is 0 Å². The maximum atomic E-state index is 13.0. The van der Waals surface area contributed by atoms with Gasteiger partial charge >= 0.3 is 5.97 Å². The van der Waals surface area contributed by atoms with Crippen LogP contribution in [0.15, 0.2) is 42.5 Å². The Kier molecular flexibility index (Phi) is 6.31. The number of fused-ring (bicyclic) bond motifs is 1. The summed E-state index contributed by atoms with van der Waals surface area (Å²) in [5.41, 5.74) is 3.23. The highest BCUT2D eigenvalue weighted by Crippen LogP contribution is 2.31. The molecule has 0 radical (unpaired) electrons. The fraction of sp³-hybridized carbons (Fsp3) is 0.500. The molecule has 0 unspecified atom stereocenters. The maximum Gasteiger partial charge on any atom is 0.325 e. The third kappa shape index (κ3) is 4.74. The van der Waals surface area contributed by atoms with Crippen molar-refractivity contribution in [1.29, 1.82) is 0 Å². The van der Waals surface area contributed by atoms with Crippen molar-refractivity contribution in [2.24, 2.45) is 11.8 Å². The zero-order valence-electron chi connectivity index (χ0n) is 18.9. The molecule has 0 spiro atoms. The van der Waals surface area contributed by atoms with Gasteiger partial charge in [-0.05, 0) is 55.2 Å². The van der Waals surface area contributed by atoms with Gasteiger partial charge in [0.1, 0.15) is 11.9 Å². The van der Waals surface area contributed by atoms with E-state index in [0.717, 1.165) is 62.4 Å². The number of anilines is 1. The summed E-state index contributed by atoms with van der Waals surface area (Å²) in [7, 11) is 0. The second kappa shape index (κ2) is 9.51. The van der Waals surface area contributed by atoms with E-state index >= 15 is 0 Å². The summed E-state index contributed by atoms with van der Waals surface area (Å²) in [5, 5.41) is 13.1. The molecule has 0 saturated carbocycles. The van der Waals surface area contributed by atoms with Crippen LogP contribution >= 0.6 is 0 Å². The SMILES string of the molecule is O=C(O)[C@@H](c1ccccc1)N1CC(C(=O)N2CCC(Cc3ccc4c(n3)NCCC4)CC2)C1. The predicted molar refractivity (Wildman–Crippen MR) is 126 cm³/mol. The van der Waals surface area contributed by atoms with Gasteiger partial charge in [0, 0.05) is 38.4 Å². The molecule has 174 valence electrons. The molecular formula is C26H32N4O3. The number of piperidine rings is 1. The van der Waals surface area contributed by atoms with Crippen LogP contribution < -0.4 is 5.32 Å². The number of aromatic nitrogens is 1. The van der Waals surface area contributed by atoms with E-state index in [0.29, 0.717) is 19.0 Å². The number of hydrogen-bond acceptors (Lipinski definition) is 5. The number of hydrogen-bond donors (Lipinski definition) is 2. The molecule has 1 aromatic heterocycles. The number of nitrogens with one attached hydrogen (secondary N) is 1. The van der Waals surface area contributed by atoms with Gasteiger partial charge in [-0.1, -0.05) is 36.4 Å². The lowest BCUT2D eigenvalue weighted by Crippen LogP contribution is -2.57. The van der Waals surface area contributed by atoms with Gasteiger partial charge in [-0.25, -0.2) is 4.98 Å². The Morgan fingerprint density at radius 3 is 2.58 bits per heavy atom. The van der Waals surface area contributed by atoms with Crippen molar-refractivity contribution in [2.75, 3.05) is 38.0 Å². The number of carboxylic acids is 1. The van der Waals surface area contributed by atoms with Crippen molar-refractivity contribution >= 4 is 17.7 Å². The van der Waals surface area contributed by atoms with Crippen molar-refractivity contribution in [1.82, 2.24) is 14.8 Å². The molecular weight excluding hydrogens is 416 g/mol. The van der Waals surface area contributed by atoms with Crippen LogP contribution in [0.25, 0.3) is 0 Å². The van der Waals surface area contributed by atoms with E-state index in [1.54, 1.807) is 0 Å². The number of rotatable bonds is 6. The molecule has 33 heavy (non-hydrogen) atoms. The molecule has 1 aromatic carbocycles. The molecule has 2 saturated heterocycles. The average Bonchev–Trinajstić information content (AvgIpc) is 2.81. The average molecular weight is 449 g/mol. The van der Waals surface area contributed by atoms with E-state index < -0.39 is 12.0 Å². The summed E-state index contributed by atoms with van der Waals surface area (Å²) in [5.74, 6) is 0.823. The first-order chi connectivity index (χ1) is 16.1. The second-order valence-corrected chi connectivity index (χ2v) is 9.62. The lowest BCUT2D eigenvalue weighted by molar-refractivity contribution is -0.153. The van der Waals surface area contributed by atoms with Gasteiger partial charge in [0.05, 0.1) is 5.92 Å². The van der Waals surface area contributed by atoms with Crippen LogP contribution in [0.4, 0.5) is 5.82 Å². The standard InChI is InChI=1S/C26H32N4O3/c31-25(21-16-30(17-21)23(26(32)33)19-5-2-1-3-6-19)29-13-10-18(11-14-29)15-22-9-8-20-7-4-12-27-24(20)28-22/h1-3,5-6,8-9,18,21,23H,4,7,10-17H2,(H,27,28)(H,32,33)/t23-/m1/s1. The monoisotopic (exact) mass is 448 g/mol. The van der Waals surface area contributed by atoms with Crippen molar-refractivity contribution in [3.05, 3.63) is 59.3 Å². The number of pyridine rings is 1. The van der Waals surface area contributed by atoms with E-state index in [-0.39, 0.29) is 11.8 Å². The number of amides is 1. The smallest absolute Gasteiger partial charge is 0.325 e. The first-order valence-corrected chi connectivity index (χ1v) is 12.1. The maximum absolute atomic E-state index is 13.0. The molecule has 2 fully saturated rings. The summed E-state index contributed by atoms with van der Waals surface area (Å²) in [6.07, 6.45) is 5.23.